The number of pyridine rings is 1. The maximum atomic E-state index is 13.6. The molecule has 1 aliphatic heterocycles. The van der Waals surface area contributed by atoms with E-state index in [0.29, 0.717) is 18.5 Å². The van der Waals surface area contributed by atoms with Crippen LogP contribution in [0.3, 0.4) is 0 Å². The molecule has 2 aromatic rings. The highest BCUT2D eigenvalue weighted by atomic mass is 19.1. The van der Waals surface area contributed by atoms with Crippen LogP contribution in [0.5, 0.6) is 0 Å². The Labute approximate surface area is 210 Å². The third-order valence-electron chi connectivity index (χ3n) is 8.40. The lowest BCUT2D eigenvalue weighted by Gasteiger charge is -2.61. The van der Waals surface area contributed by atoms with Gasteiger partial charge in [-0.25, -0.2) is 4.39 Å². The zero-order valence-electron chi connectivity index (χ0n) is 20.6. The van der Waals surface area contributed by atoms with Crippen molar-refractivity contribution < 1.29 is 18.7 Å². The van der Waals surface area contributed by atoms with Crippen LogP contribution >= 0.6 is 0 Å². The van der Waals surface area contributed by atoms with Crippen LogP contribution < -0.4 is 17.2 Å². The van der Waals surface area contributed by atoms with E-state index in [4.69, 9.17) is 26.7 Å². The summed E-state index contributed by atoms with van der Waals surface area (Å²) in [6.45, 7) is 1.87. The minimum absolute atomic E-state index is 0.246. The van der Waals surface area contributed by atoms with E-state index in [9.17, 15) is 9.18 Å². The van der Waals surface area contributed by atoms with Gasteiger partial charge in [0.2, 0.25) is 0 Å². The molecule has 5 rings (SSSR count). The highest BCUT2D eigenvalue weighted by molar-refractivity contribution is 5.84. The van der Waals surface area contributed by atoms with E-state index < -0.39 is 22.6 Å². The van der Waals surface area contributed by atoms with E-state index in [1.807, 2.05) is 37.3 Å². The van der Waals surface area contributed by atoms with Crippen molar-refractivity contribution >= 4 is 12.0 Å². The smallest absolute Gasteiger partial charge is 0.326 e. The molecule has 2 aliphatic carbocycles. The highest BCUT2D eigenvalue weighted by Crippen LogP contribution is 2.57. The first-order valence-corrected chi connectivity index (χ1v) is 12.3. The van der Waals surface area contributed by atoms with Crippen LogP contribution in [0.2, 0.25) is 0 Å². The van der Waals surface area contributed by atoms with Crippen molar-refractivity contribution in [3.63, 3.8) is 0 Å². The molecule has 0 amide bonds. The van der Waals surface area contributed by atoms with Gasteiger partial charge in [-0.1, -0.05) is 24.3 Å². The Bertz CT molecular complexity index is 1230. The standard InChI is InChI=1S/C28H33FN4O3/c1-17-24-23(9-8-22-7-6-20(14-33-22)19-4-3-5-21(29)12-19)28(32)11-10-18(15-35-2)13-26(28,30)16-27(24,31)25(34)36-17/h3-9,12,14-15,17,23-24H,10-11,13,16,30-32H2,1-2H3/b9-8+,18-15?/t17-,23-,24+,26-,27+,28-/m1/s1. The Kier molecular flexibility index (Phi) is 6.01. The lowest BCUT2D eigenvalue weighted by molar-refractivity contribution is -0.146. The molecule has 2 saturated carbocycles. The lowest BCUT2D eigenvalue weighted by Crippen LogP contribution is -2.80. The molecule has 190 valence electrons. The number of hydrogen-bond donors (Lipinski definition) is 3. The molecule has 8 heteroatoms. The third kappa shape index (κ3) is 3.84. The normalized spacial score (nSPS) is 37.0. The molecule has 1 aromatic heterocycles. The van der Waals surface area contributed by atoms with Gasteiger partial charge in [0.05, 0.1) is 19.1 Å². The quantitative estimate of drug-likeness (QED) is 0.442. The molecule has 7 nitrogen and oxygen atoms in total. The number of methoxy groups -OCH3 is 1. The second-order valence-corrected chi connectivity index (χ2v) is 10.6. The molecule has 3 fully saturated rings. The molecular formula is C28H33FN4O3. The van der Waals surface area contributed by atoms with Gasteiger partial charge in [0.1, 0.15) is 17.5 Å². The predicted octanol–water partition coefficient (Wildman–Crippen LogP) is 3.29. The molecule has 6 N–H and O–H groups in total. The first-order valence-electron chi connectivity index (χ1n) is 12.3. The van der Waals surface area contributed by atoms with Crippen molar-refractivity contribution in [1.29, 1.82) is 0 Å². The minimum atomic E-state index is -1.23. The average molecular weight is 493 g/mol. The molecule has 0 spiro atoms. The van der Waals surface area contributed by atoms with Gasteiger partial charge in [-0.2, -0.15) is 0 Å². The molecule has 1 aromatic carbocycles. The largest absolute Gasteiger partial charge is 0.504 e. The topological polar surface area (TPSA) is 126 Å². The zero-order valence-corrected chi connectivity index (χ0v) is 20.6. The van der Waals surface area contributed by atoms with Crippen LogP contribution in [0, 0.1) is 17.7 Å². The minimum Gasteiger partial charge on any atom is -0.504 e. The number of halogens is 1. The number of ether oxygens (including phenoxy) is 2. The molecular weight excluding hydrogens is 459 g/mol. The van der Waals surface area contributed by atoms with E-state index in [1.54, 1.807) is 25.6 Å². The Morgan fingerprint density at radius 3 is 2.69 bits per heavy atom. The molecule has 0 radical (unpaired) electrons. The van der Waals surface area contributed by atoms with Gasteiger partial charge in [-0.3, -0.25) is 9.78 Å². The number of hydrogen-bond acceptors (Lipinski definition) is 7. The van der Waals surface area contributed by atoms with E-state index in [1.165, 1.54) is 12.1 Å². The van der Waals surface area contributed by atoms with Gasteiger partial charge in [-0.15, -0.1) is 0 Å². The van der Waals surface area contributed by atoms with Crippen molar-refractivity contribution in [2.24, 2.45) is 29.0 Å². The van der Waals surface area contributed by atoms with E-state index >= 15 is 0 Å². The Morgan fingerprint density at radius 2 is 2.00 bits per heavy atom. The molecule has 0 bridgehead atoms. The molecule has 36 heavy (non-hydrogen) atoms. The van der Waals surface area contributed by atoms with E-state index in [0.717, 1.165) is 23.1 Å². The van der Waals surface area contributed by atoms with Crippen LogP contribution in [0.1, 0.15) is 38.3 Å². The van der Waals surface area contributed by atoms with Gasteiger partial charge in [0, 0.05) is 34.7 Å². The highest BCUT2D eigenvalue weighted by Gasteiger charge is 2.70. The number of carbonyl (C=O) groups excluding carboxylic acids is 1. The fourth-order valence-electron chi connectivity index (χ4n) is 6.66. The number of nitrogens with two attached hydrogens (primary N) is 3. The summed E-state index contributed by atoms with van der Waals surface area (Å²) in [7, 11) is 1.61. The maximum absolute atomic E-state index is 13.6. The third-order valence-corrected chi connectivity index (χ3v) is 8.40. The first-order chi connectivity index (χ1) is 17.1. The van der Waals surface area contributed by atoms with Gasteiger partial charge in [0.15, 0.2) is 0 Å². The summed E-state index contributed by atoms with van der Waals surface area (Å²) in [5.41, 5.74) is 21.4. The summed E-state index contributed by atoms with van der Waals surface area (Å²) in [5, 5.41) is 0. The van der Waals surface area contributed by atoms with Gasteiger partial charge >= 0.3 is 5.97 Å². The van der Waals surface area contributed by atoms with Gasteiger partial charge in [0.25, 0.3) is 0 Å². The predicted molar refractivity (Wildman–Crippen MR) is 136 cm³/mol. The maximum Gasteiger partial charge on any atom is 0.326 e. The second-order valence-electron chi connectivity index (χ2n) is 10.6. The Morgan fingerprint density at radius 1 is 1.19 bits per heavy atom. The Hall–Kier alpha value is -3.07. The van der Waals surface area contributed by atoms with Crippen LogP contribution in [0.25, 0.3) is 17.2 Å². The molecule has 2 heterocycles. The SMILES string of the molecule is COC=C1CC[C@@]2(N)[C@H](/C=C/c3ccc(-c4cccc(F)c4)cn3)[C@@H]3[C@@H](C)OC(=O)[C@]3(N)C[C@]2(N)C1. The van der Waals surface area contributed by atoms with Crippen LogP contribution in [-0.4, -0.2) is 40.8 Å². The van der Waals surface area contributed by atoms with Crippen molar-refractivity contribution in [2.45, 2.75) is 55.3 Å². The van der Waals surface area contributed by atoms with Crippen LogP contribution in [0.15, 0.2) is 60.5 Å². The number of fused-ring (bicyclic) bond motifs is 2. The summed E-state index contributed by atoms with van der Waals surface area (Å²) in [5.74, 6) is -1.35. The summed E-state index contributed by atoms with van der Waals surface area (Å²) in [6, 6.07) is 10.2. The van der Waals surface area contributed by atoms with Crippen LogP contribution in [-0.2, 0) is 14.3 Å². The fourth-order valence-corrected chi connectivity index (χ4v) is 6.66. The number of cyclic esters (lactones) is 1. The zero-order chi connectivity index (χ0) is 25.7. The number of nitrogens with zero attached hydrogens (tertiary/aromatic N) is 1. The van der Waals surface area contributed by atoms with E-state index in [-0.39, 0.29) is 30.2 Å². The van der Waals surface area contributed by atoms with Crippen molar-refractivity contribution in [3.8, 4) is 11.1 Å². The fraction of sp³-hybridized carbons (Fsp3) is 0.429. The molecule has 1 saturated heterocycles. The van der Waals surface area contributed by atoms with Crippen molar-refractivity contribution in [3.05, 3.63) is 72.0 Å². The average Bonchev–Trinajstić information content (AvgIpc) is 3.05. The molecule has 0 unspecified atom stereocenters. The lowest BCUT2D eigenvalue weighted by atomic mass is 9.47. The number of esters is 1. The molecule has 3 aliphatic rings. The summed E-state index contributed by atoms with van der Waals surface area (Å²) in [6.07, 6.45) is 9.06. The van der Waals surface area contributed by atoms with Crippen molar-refractivity contribution in [1.82, 2.24) is 4.98 Å². The van der Waals surface area contributed by atoms with Gasteiger partial charge < -0.3 is 26.7 Å². The van der Waals surface area contributed by atoms with E-state index in [2.05, 4.69) is 4.98 Å². The van der Waals surface area contributed by atoms with Crippen molar-refractivity contribution in [2.75, 3.05) is 7.11 Å². The summed E-state index contributed by atoms with van der Waals surface area (Å²) >= 11 is 0. The number of rotatable bonds is 4. The van der Waals surface area contributed by atoms with Gasteiger partial charge in [-0.05, 0) is 68.0 Å². The monoisotopic (exact) mass is 492 g/mol. The molecule has 6 atom stereocenters. The second kappa shape index (κ2) is 8.80. The summed E-state index contributed by atoms with van der Waals surface area (Å²) in [4.78, 5) is 17.5. The summed E-state index contributed by atoms with van der Waals surface area (Å²) < 4.78 is 24.5. The first kappa shape index (κ1) is 24.6. The Balaban J connectivity index is 1.50. The van der Waals surface area contributed by atoms with Crippen LogP contribution in [0.4, 0.5) is 4.39 Å². The number of benzene rings is 1. The number of aromatic nitrogens is 1. The number of carbonyl (C=O) groups is 1.